The summed E-state index contributed by atoms with van der Waals surface area (Å²) in [6.07, 6.45) is 5.60. The van der Waals surface area contributed by atoms with Crippen molar-refractivity contribution in [2.75, 3.05) is 13.1 Å². The zero-order chi connectivity index (χ0) is 20.8. The molecule has 0 spiro atoms. The second-order valence-corrected chi connectivity index (χ2v) is 8.42. The number of carbonyl (C=O) groups excluding carboxylic acids is 2. The van der Waals surface area contributed by atoms with Crippen molar-refractivity contribution in [1.29, 1.82) is 0 Å². The molecule has 158 valence electrons. The molecule has 5 nitrogen and oxygen atoms in total. The summed E-state index contributed by atoms with van der Waals surface area (Å²) >= 11 is 0. The third-order valence-corrected chi connectivity index (χ3v) is 6.40. The molecule has 1 atom stereocenters. The van der Waals surface area contributed by atoms with Crippen LogP contribution in [-0.2, 0) is 17.8 Å². The van der Waals surface area contributed by atoms with Crippen LogP contribution in [0.2, 0.25) is 0 Å². The van der Waals surface area contributed by atoms with Crippen LogP contribution in [0.1, 0.15) is 54.8 Å². The average Bonchev–Trinajstić information content (AvgIpc) is 2.75. The first-order chi connectivity index (χ1) is 14.7. The van der Waals surface area contributed by atoms with E-state index >= 15 is 0 Å². The number of hydrogen-bond donors (Lipinski definition) is 2. The second-order valence-electron chi connectivity index (χ2n) is 8.42. The third-order valence-electron chi connectivity index (χ3n) is 6.40. The highest BCUT2D eigenvalue weighted by Crippen LogP contribution is 2.37. The van der Waals surface area contributed by atoms with Crippen molar-refractivity contribution < 1.29 is 9.59 Å². The summed E-state index contributed by atoms with van der Waals surface area (Å²) in [6.45, 7) is 1.99. The van der Waals surface area contributed by atoms with Crippen LogP contribution in [0.15, 0.2) is 54.6 Å². The van der Waals surface area contributed by atoms with Gasteiger partial charge in [-0.1, -0.05) is 61.0 Å². The minimum atomic E-state index is -0.143. The smallest absolute Gasteiger partial charge is 0.315 e. The lowest BCUT2D eigenvalue weighted by molar-refractivity contribution is -0.132. The molecular formula is C25H31N3O2. The van der Waals surface area contributed by atoms with E-state index in [9.17, 15) is 9.59 Å². The van der Waals surface area contributed by atoms with Crippen LogP contribution >= 0.6 is 0 Å². The normalized spacial score (nSPS) is 16.9. The van der Waals surface area contributed by atoms with Gasteiger partial charge in [0, 0.05) is 26.1 Å². The van der Waals surface area contributed by atoms with E-state index in [0.29, 0.717) is 31.8 Å². The van der Waals surface area contributed by atoms with Gasteiger partial charge < -0.3 is 15.5 Å². The Kier molecular flexibility index (Phi) is 6.67. The number of hydrogen-bond acceptors (Lipinski definition) is 2. The summed E-state index contributed by atoms with van der Waals surface area (Å²) in [7, 11) is 0. The predicted molar refractivity (Wildman–Crippen MR) is 118 cm³/mol. The van der Waals surface area contributed by atoms with Crippen LogP contribution in [0, 0.1) is 5.92 Å². The lowest BCUT2D eigenvalue weighted by atomic mass is 9.77. The first-order valence-electron chi connectivity index (χ1n) is 11.1. The van der Waals surface area contributed by atoms with Gasteiger partial charge in [0.25, 0.3) is 0 Å². The van der Waals surface area contributed by atoms with Gasteiger partial charge in [0.15, 0.2) is 0 Å². The van der Waals surface area contributed by atoms with Crippen LogP contribution in [0.3, 0.4) is 0 Å². The Morgan fingerprint density at radius 3 is 2.47 bits per heavy atom. The molecule has 0 bridgehead atoms. The predicted octanol–water partition coefficient (Wildman–Crippen LogP) is 4.19. The van der Waals surface area contributed by atoms with Crippen LogP contribution in [0.5, 0.6) is 0 Å². The van der Waals surface area contributed by atoms with Crippen LogP contribution < -0.4 is 10.6 Å². The number of rotatable bonds is 7. The number of amides is 3. The Hall–Kier alpha value is -2.82. The topological polar surface area (TPSA) is 61.4 Å². The number of nitrogens with one attached hydrogen (secondary N) is 2. The molecule has 1 unspecified atom stereocenters. The molecule has 1 aliphatic carbocycles. The fraction of sp³-hybridized carbons (Fsp3) is 0.440. The molecule has 0 saturated heterocycles. The van der Waals surface area contributed by atoms with Crippen molar-refractivity contribution in [1.82, 2.24) is 15.5 Å². The minimum absolute atomic E-state index is 0.0648. The van der Waals surface area contributed by atoms with Crippen molar-refractivity contribution in [3.8, 4) is 0 Å². The summed E-state index contributed by atoms with van der Waals surface area (Å²) in [4.78, 5) is 26.9. The van der Waals surface area contributed by atoms with E-state index in [4.69, 9.17) is 0 Å². The summed E-state index contributed by atoms with van der Waals surface area (Å²) in [5.74, 6) is 0.685. The molecule has 2 N–H and O–H groups in total. The minimum Gasteiger partial charge on any atom is -0.338 e. The molecule has 3 amide bonds. The molecule has 4 rings (SSSR count). The van der Waals surface area contributed by atoms with Crippen LogP contribution in [0.4, 0.5) is 4.79 Å². The molecule has 1 fully saturated rings. The number of carbonyl (C=O) groups is 2. The van der Waals surface area contributed by atoms with Gasteiger partial charge in [-0.25, -0.2) is 4.79 Å². The standard InChI is InChI=1S/C25H31N3O2/c29-23(28-17-15-19-8-4-5-11-22(19)18-28)14-7-16-26-25(30)27-24(21-12-6-13-21)20-9-2-1-3-10-20/h1-5,8-11,21,24H,6-7,12-18H2,(H2,26,27,30). The zero-order valence-electron chi connectivity index (χ0n) is 17.5. The van der Waals surface area contributed by atoms with Gasteiger partial charge in [0.05, 0.1) is 6.04 Å². The van der Waals surface area contributed by atoms with Crippen LogP contribution in [0.25, 0.3) is 0 Å². The van der Waals surface area contributed by atoms with Crippen molar-refractivity contribution >= 4 is 11.9 Å². The van der Waals surface area contributed by atoms with Gasteiger partial charge in [-0.05, 0) is 48.3 Å². The fourth-order valence-corrected chi connectivity index (χ4v) is 4.41. The molecule has 0 radical (unpaired) electrons. The molecular weight excluding hydrogens is 374 g/mol. The SMILES string of the molecule is O=C(NCCCC(=O)N1CCc2ccccc2C1)NC(c1ccccc1)C1CCC1. The van der Waals surface area contributed by atoms with Gasteiger partial charge in [-0.3, -0.25) is 4.79 Å². The van der Waals surface area contributed by atoms with Gasteiger partial charge in [-0.15, -0.1) is 0 Å². The summed E-state index contributed by atoms with van der Waals surface area (Å²) in [5.41, 5.74) is 3.76. The maximum absolute atomic E-state index is 12.5. The van der Waals surface area contributed by atoms with Crippen LogP contribution in [-0.4, -0.2) is 29.9 Å². The van der Waals surface area contributed by atoms with Crippen molar-refractivity contribution in [2.45, 2.75) is 51.1 Å². The molecule has 1 aliphatic heterocycles. The lowest BCUT2D eigenvalue weighted by Crippen LogP contribution is -2.42. The monoisotopic (exact) mass is 405 g/mol. The van der Waals surface area contributed by atoms with Crippen molar-refractivity contribution in [2.24, 2.45) is 5.92 Å². The molecule has 0 aromatic heterocycles. The largest absolute Gasteiger partial charge is 0.338 e. The van der Waals surface area contributed by atoms with E-state index in [1.54, 1.807) is 0 Å². The Morgan fingerprint density at radius 1 is 1.00 bits per heavy atom. The van der Waals surface area contributed by atoms with E-state index in [0.717, 1.165) is 31.4 Å². The molecule has 1 heterocycles. The summed E-state index contributed by atoms with van der Waals surface area (Å²) in [5, 5.41) is 6.09. The maximum atomic E-state index is 12.5. The van der Waals surface area contributed by atoms with E-state index in [2.05, 4.69) is 41.0 Å². The van der Waals surface area contributed by atoms with Gasteiger partial charge in [-0.2, -0.15) is 0 Å². The molecule has 5 heteroatoms. The summed E-state index contributed by atoms with van der Waals surface area (Å²) < 4.78 is 0. The lowest BCUT2D eigenvalue weighted by Gasteiger charge is -2.34. The van der Waals surface area contributed by atoms with Crippen molar-refractivity contribution in [3.05, 3.63) is 71.3 Å². The molecule has 1 saturated carbocycles. The average molecular weight is 406 g/mol. The number of nitrogens with zero attached hydrogens (tertiary/aromatic N) is 1. The van der Waals surface area contributed by atoms with E-state index in [1.165, 1.54) is 17.5 Å². The quantitative estimate of drug-likeness (QED) is 0.679. The van der Waals surface area contributed by atoms with E-state index < -0.39 is 0 Å². The Morgan fingerprint density at radius 2 is 1.73 bits per heavy atom. The highest BCUT2D eigenvalue weighted by molar-refractivity contribution is 5.77. The first-order valence-corrected chi connectivity index (χ1v) is 11.1. The zero-order valence-corrected chi connectivity index (χ0v) is 17.5. The summed E-state index contributed by atoms with van der Waals surface area (Å²) in [6, 6.07) is 18.5. The maximum Gasteiger partial charge on any atom is 0.315 e. The van der Waals surface area contributed by atoms with Gasteiger partial charge in [0.2, 0.25) is 5.91 Å². The Balaban J connectivity index is 1.20. The van der Waals surface area contributed by atoms with Gasteiger partial charge >= 0.3 is 6.03 Å². The molecule has 2 aromatic rings. The van der Waals surface area contributed by atoms with Gasteiger partial charge in [0.1, 0.15) is 0 Å². The van der Waals surface area contributed by atoms with Crippen molar-refractivity contribution in [3.63, 3.8) is 0 Å². The number of urea groups is 1. The molecule has 2 aromatic carbocycles. The highest BCUT2D eigenvalue weighted by Gasteiger charge is 2.29. The first kappa shape index (κ1) is 20.5. The molecule has 30 heavy (non-hydrogen) atoms. The Bertz CT molecular complexity index is 864. The third kappa shape index (κ3) is 5.02. The molecule has 2 aliphatic rings. The Labute approximate surface area is 178 Å². The number of fused-ring (bicyclic) bond motifs is 1. The van der Waals surface area contributed by atoms with E-state index in [1.807, 2.05) is 29.2 Å². The van der Waals surface area contributed by atoms with E-state index in [-0.39, 0.29) is 18.0 Å². The highest BCUT2D eigenvalue weighted by atomic mass is 16.2. The second kappa shape index (κ2) is 9.79. The number of benzene rings is 2. The fourth-order valence-electron chi connectivity index (χ4n) is 4.41.